The first-order valence-electron chi connectivity index (χ1n) is 7.57. The van der Waals surface area contributed by atoms with E-state index in [-0.39, 0.29) is 17.3 Å². The van der Waals surface area contributed by atoms with Crippen LogP contribution in [0.4, 0.5) is 11.4 Å². The molecule has 7 heteroatoms. The summed E-state index contributed by atoms with van der Waals surface area (Å²) in [7, 11) is 0. The molecule has 22 heavy (non-hydrogen) atoms. The Morgan fingerprint density at radius 1 is 1.36 bits per heavy atom. The van der Waals surface area contributed by atoms with Crippen LogP contribution in [0.1, 0.15) is 42.5 Å². The summed E-state index contributed by atoms with van der Waals surface area (Å²) >= 11 is 0. The Kier molecular flexibility index (Phi) is 5.32. The number of hydrogen-bond donors (Lipinski definition) is 3. The number of nitrogens with one attached hydrogen (secondary N) is 1. The van der Waals surface area contributed by atoms with E-state index in [0.29, 0.717) is 18.2 Å². The van der Waals surface area contributed by atoms with Gasteiger partial charge in [-0.15, -0.1) is 0 Å². The van der Waals surface area contributed by atoms with E-state index in [2.05, 4.69) is 5.32 Å². The predicted octanol–water partition coefficient (Wildman–Crippen LogP) is 2.01. The third-order valence-corrected chi connectivity index (χ3v) is 4.29. The molecule has 0 saturated heterocycles. The lowest BCUT2D eigenvalue weighted by atomic mass is 9.83. The van der Waals surface area contributed by atoms with E-state index in [4.69, 9.17) is 11.5 Å². The number of hydrogen-bond acceptors (Lipinski definition) is 5. The van der Waals surface area contributed by atoms with Crippen molar-refractivity contribution in [2.45, 2.75) is 38.1 Å². The molecule has 120 valence electrons. The Balaban J connectivity index is 2.22. The molecule has 5 N–H and O–H groups in total. The Morgan fingerprint density at radius 3 is 2.59 bits per heavy atom. The van der Waals surface area contributed by atoms with Gasteiger partial charge in [-0.2, -0.15) is 0 Å². The second-order valence-electron chi connectivity index (χ2n) is 5.74. The van der Waals surface area contributed by atoms with Gasteiger partial charge in [0.05, 0.1) is 4.92 Å². The molecule has 1 fully saturated rings. The van der Waals surface area contributed by atoms with Gasteiger partial charge in [0.25, 0.3) is 5.69 Å². The van der Waals surface area contributed by atoms with E-state index < -0.39 is 10.8 Å². The van der Waals surface area contributed by atoms with Gasteiger partial charge in [0.2, 0.25) is 5.91 Å². The number of anilines is 1. The van der Waals surface area contributed by atoms with Gasteiger partial charge in [-0.1, -0.05) is 19.3 Å². The zero-order valence-electron chi connectivity index (χ0n) is 12.5. The smallest absolute Gasteiger partial charge is 0.293 e. The Bertz CT molecular complexity index is 556. The first-order valence-corrected chi connectivity index (χ1v) is 7.57. The van der Waals surface area contributed by atoms with Crippen molar-refractivity contribution in [1.82, 2.24) is 0 Å². The molecule has 0 aliphatic heterocycles. The number of rotatable bonds is 6. The van der Waals surface area contributed by atoms with E-state index in [1.54, 1.807) is 0 Å². The third-order valence-electron chi connectivity index (χ3n) is 4.29. The van der Waals surface area contributed by atoms with Gasteiger partial charge < -0.3 is 16.8 Å². The molecule has 0 spiro atoms. The van der Waals surface area contributed by atoms with Crippen LogP contribution in [0, 0.1) is 16.0 Å². The molecule has 1 saturated carbocycles. The van der Waals surface area contributed by atoms with Crippen LogP contribution in [0.5, 0.6) is 0 Å². The number of nitro groups is 1. The molecule has 1 aliphatic carbocycles. The van der Waals surface area contributed by atoms with Gasteiger partial charge in [0, 0.05) is 24.2 Å². The van der Waals surface area contributed by atoms with Crippen molar-refractivity contribution in [2.75, 3.05) is 11.9 Å². The number of primary amides is 1. The maximum absolute atomic E-state index is 11.2. The van der Waals surface area contributed by atoms with Crippen molar-refractivity contribution in [2.24, 2.45) is 17.4 Å². The number of nitrogens with zero attached hydrogens (tertiary/aromatic N) is 1. The van der Waals surface area contributed by atoms with Crippen LogP contribution in [-0.4, -0.2) is 23.4 Å². The fourth-order valence-corrected chi connectivity index (χ4v) is 3.06. The fraction of sp³-hybridized carbons (Fsp3) is 0.533. The summed E-state index contributed by atoms with van der Waals surface area (Å²) in [5.74, 6) is -0.258. The van der Waals surface area contributed by atoms with Crippen LogP contribution < -0.4 is 16.8 Å². The summed E-state index contributed by atoms with van der Waals surface area (Å²) in [5.41, 5.74) is 11.4. The number of amides is 1. The molecule has 1 aromatic rings. The maximum Gasteiger partial charge on any atom is 0.293 e. The van der Waals surface area contributed by atoms with Crippen LogP contribution in [-0.2, 0) is 0 Å². The average molecular weight is 306 g/mol. The van der Waals surface area contributed by atoms with Crippen LogP contribution >= 0.6 is 0 Å². The number of nitrogens with two attached hydrogens (primary N) is 2. The van der Waals surface area contributed by atoms with Crippen molar-refractivity contribution in [1.29, 1.82) is 0 Å². The molecule has 2 rings (SSSR count). The minimum Gasteiger partial charge on any atom is -0.375 e. The summed E-state index contributed by atoms with van der Waals surface area (Å²) in [5, 5.41) is 14.4. The van der Waals surface area contributed by atoms with Crippen molar-refractivity contribution in [3.63, 3.8) is 0 Å². The highest BCUT2D eigenvalue weighted by atomic mass is 16.6. The van der Waals surface area contributed by atoms with Gasteiger partial charge in [0.1, 0.15) is 5.69 Å². The highest BCUT2D eigenvalue weighted by Crippen LogP contribution is 2.31. The number of nitro benzene ring substituents is 1. The lowest BCUT2D eigenvalue weighted by Gasteiger charge is -2.30. The molecule has 1 unspecified atom stereocenters. The van der Waals surface area contributed by atoms with Gasteiger partial charge in [-0.3, -0.25) is 14.9 Å². The number of carbonyl (C=O) groups is 1. The normalized spacial score (nSPS) is 17.0. The van der Waals surface area contributed by atoms with Crippen molar-refractivity contribution in [3.8, 4) is 0 Å². The Labute approximate surface area is 129 Å². The summed E-state index contributed by atoms with van der Waals surface area (Å²) in [6, 6.07) is 4.23. The molecule has 1 aliphatic rings. The molecule has 7 nitrogen and oxygen atoms in total. The third kappa shape index (κ3) is 3.73. The van der Waals surface area contributed by atoms with Gasteiger partial charge in [0.15, 0.2) is 0 Å². The molecule has 0 heterocycles. The monoisotopic (exact) mass is 306 g/mol. The number of benzene rings is 1. The predicted molar refractivity (Wildman–Crippen MR) is 84.7 cm³/mol. The summed E-state index contributed by atoms with van der Waals surface area (Å²) in [6.45, 7) is 0.416. The Morgan fingerprint density at radius 2 is 2.05 bits per heavy atom. The second kappa shape index (κ2) is 7.22. The van der Waals surface area contributed by atoms with E-state index in [0.717, 1.165) is 12.8 Å². The SMILES string of the molecule is NCC(Nc1ccc(C(N)=O)cc1[N+](=O)[O-])C1CCCCC1. The largest absolute Gasteiger partial charge is 0.375 e. The molecular weight excluding hydrogens is 284 g/mol. The lowest BCUT2D eigenvalue weighted by Crippen LogP contribution is -2.37. The van der Waals surface area contributed by atoms with Crippen molar-refractivity contribution in [3.05, 3.63) is 33.9 Å². The lowest BCUT2D eigenvalue weighted by molar-refractivity contribution is -0.384. The van der Waals surface area contributed by atoms with Gasteiger partial charge in [-0.05, 0) is 30.9 Å². The quantitative estimate of drug-likeness (QED) is 0.547. The van der Waals surface area contributed by atoms with Gasteiger partial charge >= 0.3 is 0 Å². The summed E-state index contributed by atoms with van der Waals surface area (Å²) < 4.78 is 0. The minimum atomic E-state index is -0.683. The number of carbonyl (C=O) groups excluding carboxylic acids is 1. The fourth-order valence-electron chi connectivity index (χ4n) is 3.06. The van der Waals surface area contributed by atoms with E-state index in [1.165, 1.54) is 37.5 Å². The van der Waals surface area contributed by atoms with Crippen molar-refractivity contribution < 1.29 is 9.72 Å². The van der Waals surface area contributed by atoms with Crippen LogP contribution in [0.15, 0.2) is 18.2 Å². The Hall–Kier alpha value is -2.15. The maximum atomic E-state index is 11.2. The summed E-state index contributed by atoms with van der Waals surface area (Å²) in [6.07, 6.45) is 5.75. The minimum absolute atomic E-state index is 0.00146. The molecule has 0 radical (unpaired) electrons. The second-order valence-corrected chi connectivity index (χ2v) is 5.74. The summed E-state index contributed by atoms with van der Waals surface area (Å²) in [4.78, 5) is 21.9. The van der Waals surface area contributed by atoms with Crippen LogP contribution in [0.3, 0.4) is 0 Å². The van der Waals surface area contributed by atoms with Crippen LogP contribution in [0.2, 0.25) is 0 Å². The standard InChI is InChI=1S/C15H22N4O3/c16-9-13(10-4-2-1-3-5-10)18-12-7-6-11(15(17)20)8-14(12)19(21)22/h6-8,10,13,18H,1-5,9,16H2,(H2,17,20). The highest BCUT2D eigenvalue weighted by molar-refractivity contribution is 5.94. The highest BCUT2D eigenvalue weighted by Gasteiger charge is 2.25. The zero-order valence-corrected chi connectivity index (χ0v) is 12.5. The van der Waals surface area contributed by atoms with Crippen molar-refractivity contribution >= 4 is 17.3 Å². The molecule has 1 aromatic carbocycles. The zero-order chi connectivity index (χ0) is 16.1. The van der Waals surface area contributed by atoms with E-state index >= 15 is 0 Å². The molecule has 0 bridgehead atoms. The first kappa shape index (κ1) is 16.2. The first-order chi connectivity index (χ1) is 10.5. The molecule has 1 atom stereocenters. The average Bonchev–Trinajstić information content (AvgIpc) is 2.53. The van der Waals surface area contributed by atoms with Crippen LogP contribution in [0.25, 0.3) is 0 Å². The molecule has 1 amide bonds. The molecule has 0 aromatic heterocycles. The molecular formula is C15H22N4O3. The topological polar surface area (TPSA) is 124 Å². The van der Waals surface area contributed by atoms with E-state index in [1.807, 2.05) is 0 Å². The van der Waals surface area contributed by atoms with E-state index in [9.17, 15) is 14.9 Å². The van der Waals surface area contributed by atoms with Gasteiger partial charge in [-0.25, -0.2) is 0 Å².